The summed E-state index contributed by atoms with van der Waals surface area (Å²) in [4.78, 5) is 34.1. The first-order valence-corrected chi connectivity index (χ1v) is 7.31. The molecule has 124 valence electrons. The van der Waals surface area contributed by atoms with Gasteiger partial charge in [0.25, 0.3) is 5.69 Å². The van der Waals surface area contributed by atoms with E-state index in [2.05, 4.69) is 5.32 Å². The maximum atomic E-state index is 12.1. The first kappa shape index (κ1) is 17.1. The summed E-state index contributed by atoms with van der Waals surface area (Å²) in [5.74, 6) is -1.65. The Hall–Kier alpha value is -3.22. The van der Waals surface area contributed by atoms with Gasteiger partial charge < -0.3 is 10.4 Å². The normalized spacial score (nSPS) is 10.2. The van der Waals surface area contributed by atoms with Crippen molar-refractivity contribution < 1.29 is 19.6 Å². The van der Waals surface area contributed by atoms with Crippen LogP contribution in [0.4, 0.5) is 11.4 Å². The Morgan fingerprint density at radius 3 is 2.38 bits per heavy atom. The molecule has 0 unspecified atom stereocenters. The van der Waals surface area contributed by atoms with E-state index in [1.807, 2.05) is 6.07 Å². The van der Waals surface area contributed by atoms with Crippen molar-refractivity contribution in [3.63, 3.8) is 0 Å². The number of amides is 1. The molecule has 7 nitrogen and oxygen atoms in total. The van der Waals surface area contributed by atoms with E-state index in [4.69, 9.17) is 5.11 Å². The van der Waals surface area contributed by atoms with Crippen LogP contribution >= 0.6 is 0 Å². The van der Waals surface area contributed by atoms with E-state index < -0.39 is 16.8 Å². The molecule has 0 radical (unpaired) electrons. The number of carboxylic acid groups (broad SMARTS) is 1. The minimum atomic E-state index is -1.24. The van der Waals surface area contributed by atoms with Crippen LogP contribution in [0.1, 0.15) is 28.4 Å². The minimum Gasteiger partial charge on any atom is -0.478 e. The summed E-state index contributed by atoms with van der Waals surface area (Å²) in [5, 5.41) is 23.0. The third-order valence-electron chi connectivity index (χ3n) is 3.53. The molecule has 0 aliphatic heterocycles. The number of nitrogens with one attached hydrogen (secondary N) is 1. The Labute approximate surface area is 138 Å². The van der Waals surface area contributed by atoms with Crippen LogP contribution < -0.4 is 5.32 Å². The number of nitrogens with zero attached hydrogens (tertiary/aromatic N) is 1. The zero-order valence-electron chi connectivity index (χ0n) is 13.0. The number of hydrogen-bond acceptors (Lipinski definition) is 4. The largest absolute Gasteiger partial charge is 0.478 e. The van der Waals surface area contributed by atoms with Crippen LogP contribution in [0.3, 0.4) is 0 Å². The fraction of sp³-hybridized carbons (Fsp3) is 0.176. The third-order valence-corrected chi connectivity index (χ3v) is 3.53. The molecule has 0 fully saturated rings. The van der Waals surface area contributed by atoms with Gasteiger partial charge in [-0.2, -0.15) is 0 Å². The molecule has 7 heteroatoms. The van der Waals surface area contributed by atoms with Gasteiger partial charge in [-0.05, 0) is 24.1 Å². The van der Waals surface area contributed by atoms with Crippen molar-refractivity contribution in [1.29, 1.82) is 0 Å². The monoisotopic (exact) mass is 328 g/mol. The summed E-state index contributed by atoms with van der Waals surface area (Å²) < 4.78 is 0. The second-order valence-corrected chi connectivity index (χ2v) is 5.11. The lowest BCUT2D eigenvalue weighted by atomic mass is 10.0. The van der Waals surface area contributed by atoms with Gasteiger partial charge in [0.2, 0.25) is 5.91 Å². The molecule has 2 aromatic carbocycles. The highest BCUT2D eigenvalue weighted by Crippen LogP contribution is 2.32. The molecule has 2 N–H and O–H groups in total. The Morgan fingerprint density at radius 1 is 1.17 bits per heavy atom. The number of rotatable bonds is 6. The number of carboxylic acids is 1. The number of carbonyl (C=O) groups is 2. The van der Waals surface area contributed by atoms with E-state index in [1.165, 1.54) is 12.1 Å². The van der Waals surface area contributed by atoms with Crippen molar-refractivity contribution in [1.82, 2.24) is 0 Å². The molecular formula is C17H16N2O5. The first-order valence-electron chi connectivity index (χ1n) is 7.31. The highest BCUT2D eigenvalue weighted by atomic mass is 16.6. The summed E-state index contributed by atoms with van der Waals surface area (Å²) in [5.41, 5.74) is 0.354. The van der Waals surface area contributed by atoms with E-state index >= 15 is 0 Å². The highest BCUT2D eigenvalue weighted by molar-refractivity contribution is 5.98. The number of anilines is 1. The average molecular weight is 328 g/mol. The van der Waals surface area contributed by atoms with Crippen LogP contribution in [0.25, 0.3) is 0 Å². The van der Waals surface area contributed by atoms with Crippen LogP contribution in [0.2, 0.25) is 0 Å². The molecule has 0 bridgehead atoms. The van der Waals surface area contributed by atoms with Gasteiger partial charge in [0, 0.05) is 5.56 Å². The van der Waals surface area contributed by atoms with Gasteiger partial charge in [0.1, 0.15) is 5.69 Å². The molecule has 0 heterocycles. The van der Waals surface area contributed by atoms with Crippen molar-refractivity contribution in [3.8, 4) is 0 Å². The van der Waals surface area contributed by atoms with Gasteiger partial charge in [-0.15, -0.1) is 0 Å². The molecule has 0 aromatic heterocycles. The fourth-order valence-corrected chi connectivity index (χ4v) is 2.48. The zero-order valence-corrected chi connectivity index (χ0v) is 13.0. The quantitative estimate of drug-likeness (QED) is 0.625. The number of nitro benzene ring substituents is 1. The van der Waals surface area contributed by atoms with Crippen molar-refractivity contribution in [2.45, 2.75) is 19.8 Å². The van der Waals surface area contributed by atoms with E-state index in [-0.39, 0.29) is 35.3 Å². The van der Waals surface area contributed by atoms with Crippen LogP contribution in [0.15, 0.2) is 42.5 Å². The van der Waals surface area contributed by atoms with Gasteiger partial charge in [0.15, 0.2) is 0 Å². The molecule has 0 saturated heterocycles. The van der Waals surface area contributed by atoms with Gasteiger partial charge >= 0.3 is 5.97 Å². The van der Waals surface area contributed by atoms with Gasteiger partial charge in [0.05, 0.1) is 16.9 Å². The Balaban J connectivity index is 2.34. The molecule has 24 heavy (non-hydrogen) atoms. The Bertz CT molecular complexity index is 787. The van der Waals surface area contributed by atoms with E-state index in [0.717, 1.165) is 5.56 Å². The number of carbonyl (C=O) groups excluding carboxylic acids is 1. The first-order chi connectivity index (χ1) is 11.4. The van der Waals surface area contributed by atoms with E-state index in [1.54, 1.807) is 31.2 Å². The SMILES string of the molecule is CCc1c(C(=O)O)ccc(NC(=O)Cc2ccccc2)c1[N+](=O)[O-]. The number of benzene rings is 2. The molecule has 0 atom stereocenters. The maximum Gasteiger partial charge on any atom is 0.336 e. The predicted molar refractivity (Wildman–Crippen MR) is 88.2 cm³/mol. The van der Waals surface area contributed by atoms with Gasteiger partial charge in [-0.3, -0.25) is 14.9 Å². The summed E-state index contributed by atoms with van der Waals surface area (Å²) in [6, 6.07) is 11.5. The van der Waals surface area contributed by atoms with Crippen LogP contribution in [-0.4, -0.2) is 21.9 Å². The maximum absolute atomic E-state index is 12.1. The smallest absolute Gasteiger partial charge is 0.336 e. The average Bonchev–Trinajstić information content (AvgIpc) is 2.54. The van der Waals surface area contributed by atoms with Crippen molar-refractivity contribution in [3.05, 3.63) is 69.3 Å². The molecule has 0 spiro atoms. The molecule has 2 aromatic rings. The van der Waals surface area contributed by atoms with Crippen LogP contribution in [-0.2, 0) is 17.6 Å². The Morgan fingerprint density at radius 2 is 1.83 bits per heavy atom. The predicted octanol–water partition coefficient (Wildman–Crippen LogP) is 3.04. The lowest BCUT2D eigenvalue weighted by Gasteiger charge is -2.11. The van der Waals surface area contributed by atoms with Crippen molar-refractivity contribution >= 4 is 23.3 Å². The molecule has 1 amide bonds. The van der Waals surface area contributed by atoms with Crippen molar-refractivity contribution in [2.75, 3.05) is 5.32 Å². The number of hydrogen-bond donors (Lipinski definition) is 2. The molecule has 0 aliphatic carbocycles. The minimum absolute atomic E-state index is 0.00258. The second kappa shape index (κ2) is 7.36. The van der Waals surface area contributed by atoms with E-state index in [9.17, 15) is 19.7 Å². The lowest BCUT2D eigenvalue weighted by molar-refractivity contribution is -0.384. The third kappa shape index (κ3) is 3.75. The summed E-state index contributed by atoms with van der Waals surface area (Å²) >= 11 is 0. The second-order valence-electron chi connectivity index (χ2n) is 5.11. The van der Waals surface area contributed by atoms with Gasteiger partial charge in [-0.25, -0.2) is 4.79 Å². The molecule has 0 saturated carbocycles. The number of nitro groups is 1. The standard InChI is InChI=1S/C17H16N2O5/c1-2-12-13(17(21)22)8-9-14(16(12)19(23)24)18-15(20)10-11-6-4-3-5-7-11/h3-9H,2,10H2,1H3,(H,18,20)(H,21,22). The fourth-order valence-electron chi connectivity index (χ4n) is 2.48. The summed E-state index contributed by atoms with van der Waals surface area (Å²) in [6.45, 7) is 1.63. The zero-order chi connectivity index (χ0) is 17.7. The summed E-state index contributed by atoms with van der Waals surface area (Å²) in [7, 11) is 0. The highest BCUT2D eigenvalue weighted by Gasteiger charge is 2.25. The van der Waals surface area contributed by atoms with Gasteiger partial charge in [-0.1, -0.05) is 37.3 Å². The number of aromatic carboxylic acids is 1. The summed E-state index contributed by atoms with van der Waals surface area (Å²) in [6.07, 6.45) is 0.237. The Kier molecular flexibility index (Phi) is 5.26. The molecular weight excluding hydrogens is 312 g/mol. The topological polar surface area (TPSA) is 110 Å². The van der Waals surface area contributed by atoms with Crippen LogP contribution in [0, 0.1) is 10.1 Å². The van der Waals surface area contributed by atoms with Crippen LogP contribution in [0.5, 0.6) is 0 Å². The molecule has 2 rings (SSSR count). The lowest BCUT2D eigenvalue weighted by Crippen LogP contribution is -2.17. The van der Waals surface area contributed by atoms with Crippen molar-refractivity contribution in [2.24, 2.45) is 0 Å². The van der Waals surface area contributed by atoms with E-state index in [0.29, 0.717) is 0 Å². The molecule has 0 aliphatic rings.